The maximum Gasteiger partial charge on any atom is 0.254 e. The minimum absolute atomic E-state index is 0.144. The van der Waals surface area contributed by atoms with Crippen LogP contribution in [-0.2, 0) is 5.75 Å². The minimum Gasteiger partial charge on any atom is -0.338 e. The maximum absolute atomic E-state index is 12.8. The molecule has 2 aromatic rings. The molecular weight excluding hydrogens is 312 g/mol. The molecule has 22 heavy (non-hydrogen) atoms. The highest BCUT2D eigenvalue weighted by atomic mass is 32.2. The van der Waals surface area contributed by atoms with Crippen molar-refractivity contribution in [3.8, 4) is 0 Å². The van der Waals surface area contributed by atoms with Crippen LogP contribution >= 0.6 is 23.1 Å². The van der Waals surface area contributed by atoms with Gasteiger partial charge in [0.1, 0.15) is 0 Å². The molecule has 1 aliphatic heterocycles. The highest BCUT2D eigenvalue weighted by Gasteiger charge is 2.27. The van der Waals surface area contributed by atoms with E-state index >= 15 is 0 Å². The van der Waals surface area contributed by atoms with Crippen LogP contribution in [0.5, 0.6) is 0 Å². The Labute approximate surface area is 139 Å². The Morgan fingerprint density at radius 3 is 2.91 bits per heavy atom. The SMILES string of the molecule is NCC1CCN(C(=O)c2ccccc2SCc2cccs2)C1. The van der Waals surface area contributed by atoms with E-state index in [0.29, 0.717) is 12.5 Å². The second kappa shape index (κ2) is 7.31. The number of hydrogen-bond acceptors (Lipinski definition) is 4. The highest BCUT2D eigenvalue weighted by Crippen LogP contribution is 2.29. The van der Waals surface area contributed by atoms with Crippen LogP contribution in [-0.4, -0.2) is 30.4 Å². The van der Waals surface area contributed by atoms with Gasteiger partial charge in [-0.1, -0.05) is 18.2 Å². The van der Waals surface area contributed by atoms with E-state index in [1.807, 2.05) is 29.2 Å². The fraction of sp³-hybridized carbons (Fsp3) is 0.353. The predicted molar refractivity (Wildman–Crippen MR) is 93.4 cm³/mol. The van der Waals surface area contributed by atoms with Crippen LogP contribution in [0.25, 0.3) is 0 Å². The zero-order valence-corrected chi connectivity index (χ0v) is 14.0. The van der Waals surface area contributed by atoms with E-state index in [4.69, 9.17) is 5.73 Å². The quantitative estimate of drug-likeness (QED) is 0.853. The lowest BCUT2D eigenvalue weighted by Crippen LogP contribution is -2.30. The molecule has 0 saturated carbocycles. The maximum atomic E-state index is 12.8. The van der Waals surface area contributed by atoms with Crippen molar-refractivity contribution >= 4 is 29.0 Å². The third kappa shape index (κ3) is 3.54. The summed E-state index contributed by atoms with van der Waals surface area (Å²) in [7, 11) is 0. The third-order valence-electron chi connectivity index (χ3n) is 3.97. The number of nitrogens with two attached hydrogens (primary N) is 1. The summed E-state index contributed by atoms with van der Waals surface area (Å²) in [5.41, 5.74) is 6.55. The molecule has 1 saturated heterocycles. The lowest BCUT2D eigenvalue weighted by molar-refractivity contribution is 0.0784. The van der Waals surface area contributed by atoms with Crippen LogP contribution in [0.1, 0.15) is 21.7 Å². The van der Waals surface area contributed by atoms with Crippen molar-refractivity contribution in [2.45, 2.75) is 17.1 Å². The predicted octanol–water partition coefficient (Wildman–Crippen LogP) is 3.46. The van der Waals surface area contributed by atoms with E-state index in [1.54, 1.807) is 23.1 Å². The van der Waals surface area contributed by atoms with Crippen molar-refractivity contribution in [3.63, 3.8) is 0 Å². The van der Waals surface area contributed by atoms with Gasteiger partial charge in [-0.2, -0.15) is 0 Å². The average Bonchev–Trinajstić information content (AvgIpc) is 3.24. The fourth-order valence-corrected chi connectivity index (χ4v) is 4.51. The largest absolute Gasteiger partial charge is 0.338 e. The molecule has 3 rings (SSSR count). The normalized spacial score (nSPS) is 17.9. The summed E-state index contributed by atoms with van der Waals surface area (Å²) in [6.07, 6.45) is 1.02. The van der Waals surface area contributed by atoms with Gasteiger partial charge in [-0.05, 0) is 42.5 Å². The number of rotatable bonds is 5. The van der Waals surface area contributed by atoms with E-state index in [0.717, 1.165) is 35.7 Å². The van der Waals surface area contributed by atoms with Gasteiger partial charge >= 0.3 is 0 Å². The number of likely N-dealkylation sites (tertiary alicyclic amines) is 1. The molecular formula is C17H20N2OS2. The van der Waals surface area contributed by atoms with Crippen molar-refractivity contribution in [1.82, 2.24) is 4.90 Å². The lowest BCUT2D eigenvalue weighted by atomic mass is 10.1. The number of carbonyl (C=O) groups excluding carboxylic acids is 1. The van der Waals surface area contributed by atoms with Gasteiger partial charge in [-0.3, -0.25) is 4.79 Å². The number of benzene rings is 1. The smallest absolute Gasteiger partial charge is 0.254 e. The molecule has 1 fully saturated rings. The van der Waals surface area contributed by atoms with Gasteiger partial charge in [0.2, 0.25) is 0 Å². The summed E-state index contributed by atoms with van der Waals surface area (Å²) in [5, 5.41) is 2.09. The lowest BCUT2D eigenvalue weighted by Gasteiger charge is -2.18. The van der Waals surface area contributed by atoms with E-state index in [1.165, 1.54) is 4.88 Å². The van der Waals surface area contributed by atoms with Gasteiger partial charge in [0.05, 0.1) is 5.56 Å². The van der Waals surface area contributed by atoms with Crippen LogP contribution in [0, 0.1) is 5.92 Å². The molecule has 0 radical (unpaired) electrons. The van der Waals surface area contributed by atoms with Crippen LogP contribution in [0.2, 0.25) is 0 Å². The first-order chi connectivity index (χ1) is 10.8. The second-order valence-corrected chi connectivity index (χ2v) is 7.56. The molecule has 1 aromatic heterocycles. The average molecular weight is 332 g/mol. The molecule has 3 nitrogen and oxygen atoms in total. The molecule has 0 spiro atoms. The van der Waals surface area contributed by atoms with Gasteiger partial charge in [0.25, 0.3) is 5.91 Å². The third-order valence-corrected chi connectivity index (χ3v) is 6.16. The van der Waals surface area contributed by atoms with Crippen molar-refractivity contribution in [2.24, 2.45) is 11.7 Å². The molecule has 1 aliphatic rings. The molecule has 1 unspecified atom stereocenters. The Bertz CT molecular complexity index is 627. The first kappa shape index (κ1) is 15.6. The first-order valence-electron chi connectivity index (χ1n) is 7.51. The zero-order chi connectivity index (χ0) is 15.4. The van der Waals surface area contributed by atoms with Crippen LogP contribution in [0.3, 0.4) is 0 Å². The zero-order valence-electron chi connectivity index (χ0n) is 12.4. The van der Waals surface area contributed by atoms with Gasteiger partial charge in [0, 0.05) is 28.6 Å². The number of nitrogens with zero attached hydrogens (tertiary/aromatic N) is 1. The molecule has 5 heteroatoms. The van der Waals surface area contributed by atoms with Crippen LogP contribution in [0.4, 0.5) is 0 Å². The van der Waals surface area contributed by atoms with Crippen LogP contribution in [0.15, 0.2) is 46.7 Å². The van der Waals surface area contributed by atoms with Gasteiger partial charge in [-0.25, -0.2) is 0 Å². The number of thioether (sulfide) groups is 1. The number of carbonyl (C=O) groups is 1. The molecule has 2 heterocycles. The second-order valence-electron chi connectivity index (χ2n) is 5.51. The summed E-state index contributed by atoms with van der Waals surface area (Å²) in [6.45, 7) is 2.28. The molecule has 0 aliphatic carbocycles. The molecule has 1 atom stereocenters. The monoisotopic (exact) mass is 332 g/mol. The van der Waals surface area contributed by atoms with E-state index in [9.17, 15) is 4.79 Å². The molecule has 2 N–H and O–H groups in total. The number of amides is 1. The Balaban J connectivity index is 1.71. The Morgan fingerprint density at radius 1 is 1.32 bits per heavy atom. The van der Waals surface area contributed by atoms with Gasteiger partial charge in [0.15, 0.2) is 0 Å². The molecule has 1 amide bonds. The molecule has 0 bridgehead atoms. The van der Waals surface area contributed by atoms with Crippen molar-refractivity contribution in [1.29, 1.82) is 0 Å². The van der Waals surface area contributed by atoms with Gasteiger partial charge < -0.3 is 10.6 Å². The van der Waals surface area contributed by atoms with Crippen molar-refractivity contribution in [3.05, 3.63) is 52.2 Å². The topological polar surface area (TPSA) is 46.3 Å². The summed E-state index contributed by atoms with van der Waals surface area (Å²) in [6, 6.07) is 12.1. The van der Waals surface area contributed by atoms with E-state index in [-0.39, 0.29) is 5.91 Å². The van der Waals surface area contributed by atoms with Crippen molar-refractivity contribution in [2.75, 3.05) is 19.6 Å². The van der Waals surface area contributed by atoms with E-state index in [2.05, 4.69) is 17.5 Å². The van der Waals surface area contributed by atoms with Crippen molar-refractivity contribution < 1.29 is 4.79 Å². The van der Waals surface area contributed by atoms with E-state index < -0.39 is 0 Å². The Kier molecular flexibility index (Phi) is 5.18. The summed E-state index contributed by atoms with van der Waals surface area (Å²) < 4.78 is 0. The Morgan fingerprint density at radius 2 is 2.18 bits per heavy atom. The standard InChI is InChI=1S/C17H20N2OS2/c18-10-13-7-8-19(11-13)17(20)15-5-1-2-6-16(15)22-12-14-4-3-9-21-14/h1-6,9,13H,7-8,10-12,18H2. The summed E-state index contributed by atoms with van der Waals surface area (Å²) in [5.74, 6) is 1.51. The molecule has 1 aromatic carbocycles. The Hall–Kier alpha value is -1.30. The summed E-state index contributed by atoms with van der Waals surface area (Å²) >= 11 is 3.49. The number of hydrogen-bond donors (Lipinski definition) is 1. The van der Waals surface area contributed by atoms with Gasteiger partial charge in [-0.15, -0.1) is 23.1 Å². The summed E-state index contributed by atoms with van der Waals surface area (Å²) in [4.78, 5) is 17.1. The number of thiophene rings is 1. The first-order valence-corrected chi connectivity index (χ1v) is 9.38. The molecule has 116 valence electrons. The fourth-order valence-electron chi connectivity index (χ4n) is 2.69. The van der Waals surface area contributed by atoms with Crippen LogP contribution < -0.4 is 5.73 Å². The highest BCUT2D eigenvalue weighted by molar-refractivity contribution is 7.98. The minimum atomic E-state index is 0.144.